The van der Waals surface area contributed by atoms with E-state index in [9.17, 15) is 14.0 Å². The van der Waals surface area contributed by atoms with E-state index < -0.39 is 5.82 Å². The number of hydrogen-bond acceptors (Lipinski definition) is 4. The molecule has 0 atom stereocenters. The second kappa shape index (κ2) is 9.97. The Hall–Kier alpha value is -3.49. The van der Waals surface area contributed by atoms with Crippen LogP contribution in [0.3, 0.4) is 0 Å². The summed E-state index contributed by atoms with van der Waals surface area (Å²) < 4.78 is 21.6. The third-order valence-electron chi connectivity index (χ3n) is 5.19. The number of amides is 1. The molecule has 1 amide bonds. The van der Waals surface area contributed by atoms with Gasteiger partial charge in [0.2, 0.25) is 5.91 Å². The van der Waals surface area contributed by atoms with Crippen molar-refractivity contribution in [3.63, 3.8) is 0 Å². The van der Waals surface area contributed by atoms with Crippen LogP contribution in [0.5, 0.6) is 0 Å². The number of benzene rings is 2. The van der Waals surface area contributed by atoms with Gasteiger partial charge in [-0.05, 0) is 30.2 Å². The molecule has 4 rings (SSSR count). The first-order valence-corrected chi connectivity index (χ1v) is 10.7. The molecule has 1 N–H and O–H groups in total. The topological polar surface area (TPSA) is 78.2 Å². The fraction of sp³-hybridized carbons (Fsp3) is 0.208. The summed E-state index contributed by atoms with van der Waals surface area (Å²) in [6.07, 6.45) is 3.93. The molecule has 9 heteroatoms. The molecule has 0 saturated carbocycles. The second-order valence-electron chi connectivity index (χ2n) is 7.50. The van der Waals surface area contributed by atoms with E-state index in [1.54, 1.807) is 17.9 Å². The smallest absolute Gasteiger partial charge is 0.277 e. The summed E-state index contributed by atoms with van der Waals surface area (Å²) in [6, 6.07) is 13.5. The van der Waals surface area contributed by atoms with Crippen molar-refractivity contribution in [3.05, 3.63) is 82.2 Å². The Labute approximate surface area is 194 Å². The molecule has 0 radical (unpaired) electrons. The number of nitrogens with zero attached hydrogens (tertiary/aromatic N) is 3. The number of nitrogens with one attached hydrogen (secondary N) is 1. The Morgan fingerprint density at radius 2 is 1.97 bits per heavy atom. The van der Waals surface area contributed by atoms with Crippen molar-refractivity contribution in [2.24, 2.45) is 0 Å². The summed E-state index contributed by atoms with van der Waals surface area (Å²) in [7, 11) is 1.61. The van der Waals surface area contributed by atoms with Crippen molar-refractivity contribution >= 4 is 34.2 Å². The standard InChI is InChI=1S/C24H22ClFN4O3/c1-33-11-5-10-29-15-27-22-18(16-6-3-2-4-7-16)13-30(23(22)24(29)32)14-21(31)28-17-8-9-20(26)19(25)12-17/h2-4,6-9,12-13,15H,5,10-11,14H2,1H3,(H,28,31). The maximum atomic E-state index is 13.4. The van der Waals surface area contributed by atoms with E-state index in [2.05, 4.69) is 10.3 Å². The van der Waals surface area contributed by atoms with Crippen LogP contribution in [0.25, 0.3) is 22.2 Å². The van der Waals surface area contributed by atoms with Crippen molar-refractivity contribution in [3.8, 4) is 11.1 Å². The van der Waals surface area contributed by atoms with Gasteiger partial charge in [0.05, 0.1) is 11.3 Å². The number of fused-ring (bicyclic) bond motifs is 1. The van der Waals surface area contributed by atoms with Gasteiger partial charge in [-0.25, -0.2) is 9.37 Å². The maximum Gasteiger partial charge on any atom is 0.277 e. The average molecular weight is 469 g/mol. The highest BCUT2D eigenvalue weighted by Gasteiger charge is 2.18. The van der Waals surface area contributed by atoms with E-state index in [1.807, 2.05) is 30.3 Å². The van der Waals surface area contributed by atoms with Gasteiger partial charge in [0.25, 0.3) is 5.56 Å². The number of carbonyl (C=O) groups is 1. The van der Waals surface area contributed by atoms with Crippen LogP contribution >= 0.6 is 11.6 Å². The molecule has 33 heavy (non-hydrogen) atoms. The Morgan fingerprint density at radius 1 is 1.18 bits per heavy atom. The lowest BCUT2D eigenvalue weighted by Gasteiger charge is -2.09. The van der Waals surface area contributed by atoms with Crippen molar-refractivity contribution in [1.82, 2.24) is 14.1 Å². The minimum atomic E-state index is -0.571. The Balaban J connectivity index is 1.72. The fourth-order valence-electron chi connectivity index (χ4n) is 3.64. The van der Waals surface area contributed by atoms with Crippen LogP contribution in [-0.4, -0.2) is 33.7 Å². The lowest BCUT2D eigenvalue weighted by atomic mass is 10.1. The van der Waals surface area contributed by atoms with Crippen LogP contribution in [0.15, 0.2) is 65.8 Å². The lowest BCUT2D eigenvalue weighted by Crippen LogP contribution is -2.25. The zero-order valence-electron chi connectivity index (χ0n) is 17.9. The third kappa shape index (κ3) is 4.97. The van der Waals surface area contributed by atoms with E-state index in [4.69, 9.17) is 16.3 Å². The average Bonchev–Trinajstić information content (AvgIpc) is 3.17. The van der Waals surface area contributed by atoms with Crippen LogP contribution in [0, 0.1) is 5.82 Å². The highest BCUT2D eigenvalue weighted by atomic mass is 35.5. The van der Waals surface area contributed by atoms with E-state index in [1.165, 1.54) is 29.1 Å². The number of methoxy groups -OCH3 is 1. The van der Waals surface area contributed by atoms with E-state index in [0.29, 0.717) is 36.3 Å². The first-order chi connectivity index (χ1) is 16.0. The first kappa shape index (κ1) is 22.7. The van der Waals surface area contributed by atoms with Gasteiger partial charge < -0.3 is 14.6 Å². The van der Waals surface area contributed by atoms with Gasteiger partial charge in [0, 0.05) is 37.7 Å². The summed E-state index contributed by atoms with van der Waals surface area (Å²) in [4.78, 5) is 30.6. The van der Waals surface area contributed by atoms with Crippen LogP contribution in [-0.2, 0) is 22.6 Å². The highest BCUT2D eigenvalue weighted by molar-refractivity contribution is 6.31. The van der Waals surface area contributed by atoms with Crippen molar-refractivity contribution in [2.75, 3.05) is 19.0 Å². The molecule has 2 heterocycles. The third-order valence-corrected chi connectivity index (χ3v) is 5.48. The number of aryl methyl sites for hydroxylation is 1. The maximum absolute atomic E-state index is 13.4. The van der Waals surface area contributed by atoms with Gasteiger partial charge >= 0.3 is 0 Å². The normalized spacial score (nSPS) is 11.1. The summed E-state index contributed by atoms with van der Waals surface area (Å²) >= 11 is 5.80. The van der Waals surface area contributed by atoms with Gasteiger partial charge in [0.1, 0.15) is 23.4 Å². The molecule has 2 aromatic carbocycles. The SMILES string of the molecule is COCCCn1cnc2c(-c3ccccc3)cn(CC(=O)Nc3ccc(F)c(Cl)c3)c2c1=O. The largest absolute Gasteiger partial charge is 0.385 e. The second-order valence-corrected chi connectivity index (χ2v) is 7.91. The number of ether oxygens (including phenoxy) is 1. The number of rotatable bonds is 8. The number of anilines is 1. The number of hydrogen-bond donors (Lipinski definition) is 1. The van der Waals surface area contributed by atoms with Crippen molar-refractivity contribution in [2.45, 2.75) is 19.5 Å². The summed E-state index contributed by atoms with van der Waals surface area (Å²) in [5, 5.41) is 2.60. The summed E-state index contributed by atoms with van der Waals surface area (Å²) in [5.74, 6) is -0.956. The highest BCUT2D eigenvalue weighted by Crippen LogP contribution is 2.27. The molecule has 0 bridgehead atoms. The van der Waals surface area contributed by atoms with Gasteiger partial charge in [-0.1, -0.05) is 41.9 Å². The predicted octanol–water partition coefficient (Wildman–Crippen LogP) is 4.33. The minimum Gasteiger partial charge on any atom is -0.385 e. The van der Waals surface area contributed by atoms with Crippen LogP contribution in [0.1, 0.15) is 6.42 Å². The molecular weight excluding hydrogens is 447 g/mol. The van der Waals surface area contributed by atoms with Crippen molar-refractivity contribution < 1.29 is 13.9 Å². The number of halogens is 2. The molecule has 0 fully saturated rings. The zero-order valence-corrected chi connectivity index (χ0v) is 18.7. The van der Waals surface area contributed by atoms with Crippen LogP contribution < -0.4 is 10.9 Å². The predicted molar refractivity (Wildman–Crippen MR) is 126 cm³/mol. The van der Waals surface area contributed by atoms with Gasteiger partial charge in [-0.3, -0.25) is 14.2 Å². The number of aromatic nitrogens is 3. The lowest BCUT2D eigenvalue weighted by molar-refractivity contribution is -0.116. The summed E-state index contributed by atoms with van der Waals surface area (Å²) in [6.45, 7) is 0.836. The van der Waals surface area contributed by atoms with E-state index in [-0.39, 0.29) is 23.0 Å². The van der Waals surface area contributed by atoms with E-state index >= 15 is 0 Å². The number of carbonyl (C=O) groups excluding carboxylic acids is 1. The first-order valence-electron chi connectivity index (χ1n) is 10.4. The zero-order chi connectivity index (χ0) is 23.4. The monoisotopic (exact) mass is 468 g/mol. The van der Waals surface area contributed by atoms with E-state index in [0.717, 1.165) is 11.1 Å². The molecule has 0 aliphatic heterocycles. The fourth-order valence-corrected chi connectivity index (χ4v) is 3.82. The van der Waals surface area contributed by atoms with Crippen LogP contribution in [0.2, 0.25) is 5.02 Å². The molecule has 7 nitrogen and oxygen atoms in total. The van der Waals surface area contributed by atoms with Crippen molar-refractivity contribution in [1.29, 1.82) is 0 Å². The molecule has 0 spiro atoms. The Kier molecular flexibility index (Phi) is 6.86. The molecule has 0 unspecified atom stereocenters. The Morgan fingerprint density at radius 3 is 2.70 bits per heavy atom. The molecule has 0 aliphatic rings. The molecule has 0 aliphatic carbocycles. The van der Waals surface area contributed by atoms with Gasteiger partial charge in [0.15, 0.2) is 0 Å². The Bertz CT molecular complexity index is 1350. The summed E-state index contributed by atoms with van der Waals surface area (Å²) in [5.41, 5.74) is 2.62. The van der Waals surface area contributed by atoms with Gasteiger partial charge in [-0.15, -0.1) is 0 Å². The molecular formula is C24H22ClFN4O3. The molecule has 170 valence electrons. The molecule has 4 aromatic rings. The quantitative estimate of drug-likeness (QED) is 0.390. The molecule has 0 saturated heterocycles. The van der Waals surface area contributed by atoms with Crippen LogP contribution in [0.4, 0.5) is 10.1 Å². The minimum absolute atomic E-state index is 0.0891. The molecule has 2 aromatic heterocycles. The van der Waals surface area contributed by atoms with Gasteiger partial charge in [-0.2, -0.15) is 0 Å².